The van der Waals surface area contributed by atoms with Gasteiger partial charge in [0.15, 0.2) is 18.5 Å². The van der Waals surface area contributed by atoms with Gasteiger partial charge in [0, 0.05) is 41.5 Å². The number of hydrogen-bond acceptors (Lipinski definition) is 17. The molecule has 0 saturated carbocycles. The summed E-state index contributed by atoms with van der Waals surface area (Å²) in [5.41, 5.74) is 0. The average molecular weight is 587 g/mol. The predicted octanol–water partition coefficient (Wildman–Crippen LogP) is -2.15. The van der Waals surface area contributed by atoms with Gasteiger partial charge in [-0.1, -0.05) is 7.43 Å². The Morgan fingerprint density at radius 2 is 1.02 bits per heavy atom. The molecule has 4 N–H and O–H groups in total. The van der Waals surface area contributed by atoms with E-state index in [0.29, 0.717) is 0 Å². The maximum atomic E-state index is 11.3. The Morgan fingerprint density at radius 1 is 0.575 bits per heavy atom. The highest BCUT2D eigenvalue weighted by molar-refractivity contribution is 5.82. The number of esters is 6. The van der Waals surface area contributed by atoms with Gasteiger partial charge in [0.05, 0.1) is 13.2 Å². The minimum atomic E-state index is -1.41. The van der Waals surface area contributed by atoms with Gasteiger partial charge >= 0.3 is 35.8 Å². The Balaban J connectivity index is 0. The molecule has 0 aliphatic carbocycles. The van der Waals surface area contributed by atoms with Crippen LogP contribution < -0.4 is 0 Å². The molecule has 17 nitrogen and oxygen atoms in total. The summed E-state index contributed by atoms with van der Waals surface area (Å²) in [4.78, 5) is 64.3. The van der Waals surface area contributed by atoms with Gasteiger partial charge in [-0.2, -0.15) is 0 Å². The van der Waals surface area contributed by atoms with Gasteiger partial charge in [0.25, 0.3) is 0 Å². The van der Waals surface area contributed by atoms with E-state index < -0.39 is 85.0 Å². The van der Waals surface area contributed by atoms with Crippen LogP contribution in [0.3, 0.4) is 0 Å². The number of hydrogen-bond donors (Lipinski definition) is 4. The van der Waals surface area contributed by atoms with Gasteiger partial charge in [-0.05, 0) is 0 Å². The quantitative estimate of drug-likeness (QED) is 0.156. The van der Waals surface area contributed by atoms with Crippen molar-refractivity contribution >= 4 is 35.8 Å². The minimum absolute atomic E-state index is 0. The van der Waals surface area contributed by atoms with Crippen molar-refractivity contribution in [1.29, 1.82) is 0 Å². The molecule has 8 atom stereocenters. The summed E-state index contributed by atoms with van der Waals surface area (Å²) in [6.45, 7) is 6.61. The zero-order valence-corrected chi connectivity index (χ0v) is 22.1. The van der Waals surface area contributed by atoms with Crippen LogP contribution in [0.15, 0.2) is 0 Å². The molecule has 3 unspecified atom stereocenters. The van der Waals surface area contributed by atoms with Gasteiger partial charge in [0.2, 0.25) is 12.4 Å². The number of aliphatic hydroxyl groups excluding tert-OH is 4. The molecule has 0 aromatic rings. The van der Waals surface area contributed by atoms with Crippen LogP contribution in [0.25, 0.3) is 0 Å². The van der Waals surface area contributed by atoms with Crippen LogP contribution in [0.1, 0.15) is 49.0 Å². The first-order valence-corrected chi connectivity index (χ1v) is 11.3. The van der Waals surface area contributed by atoms with Crippen molar-refractivity contribution in [3.8, 4) is 0 Å². The fourth-order valence-corrected chi connectivity index (χ4v) is 2.97. The second-order valence-electron chi connectivity index (χ2n) is 7.96. The largest absolute Gasteiger partial charge is 0.456 e. The van der Waals surface area contributed by atoms with E-state index in [1.54, 1.807) is 0 Å². The highest BCUT2D eigenvalue weighted by atomic mass is 16.7. The monoisotopic (exact) mass is 586 g/mol. The van der Waals surface area contributed by atoms with Gasteiger partial charge in [0.1, 0.15) is 18.3 Å². The van der Waals surface area contributed by atoms with E-state index >= 15 is 0 Å². The molecule has 2 heterocycles. The van der Waals surface area contributed by atoms with Gasteiger partial charge < -0.3 is 53.6 Å². The van der Waals surface area contributed by atoms with E-state index in [1.807, 2.05) is 0 Å². The summed E-state index contributed by atoms with van der Waals surface area (Å²) in [7, 11) is 0. The van der Waals surface area contributed by atoms with Crippen LogP contribution in [0.4, 0.5) is 0 Å². The summed E-state index contributed by atoms with van der Waals surface area (Å²) in [6.07, 6.45) is -9.88. The zero-order chi connectivity index (χ0) is 30.4. The molecule has 2 saturated heterocycles. The minimum Gasteiger partial charge on any atom is -0.456 e. The number of carbonyl (C=O) groups excluding carboxylic acids is 6. The third-order valence-electron chi connectivity index (χ3n) is 4.35. The van der Waals surface area contributed by atoms with Crippen molar-refractivity contribution in [1.82, 2.24) is 0 Å². The smallest absolute Gasteiger partial charge is 0.310 e. The summed E-state index contributed by atoms with van der Waals surface area (Å²) in [6, 6.07) is 0. The van der Waals surface area contributed by atoms with E-state index in [2.05, 4.69) is 9.47 Å². The number of rotatable bonds is 4. The molecule has 0 aromatic heterocycles. The van der Waals surface area contributed by atoms with Gasteiger partial charge in [-0.3, -0.25) is 28.8 Å². The summed E-state index contributed by atoms with van der Waals surface area (Å²) < 4.78 is 33.7. The fraction of sp³-hybridized carbons (Fsp3) is 0.739. The molecule has 0 amide bonds. The standard InChI is InChI=1S/C13H18O9.C5H10O5.C4H6O3.CH4/c1-6(14)19-10-5-18-13(22-9(4)17)12(21-8(3)16)11(10)20-7(2)15;6-2-1-10-5(9)4(8)3(2)7;1-3(5)7-4(2)6;/h10-13H,5H2,1-4H3;2-9H,1H2;1-2H3;1H4/t10-,11+,12?,13-;2-,3+,4?,5?;;/m11../s1. The molecule has 0 aromatic carbocycles. The summed E-state index contributed by atoms with van der Waals surface area (Å²) in [5.74, 6) is -3.80. The topological polar surface area (TPSA) is 248 Å². The lowest BCUT2D eigenvalue weighted by Gasteiger charge is -2.39. The molecular formula is C23H38O17. The first-order valence-electron chi connectivity index (χ1n) is 11.3. The lowest BCUT2D eigenvalue weighted by Crippen LogP contribution is -2.58. The van der Waals surface area contributed by atoms with E-state index in [9.17, 15) is 28.8 Å². The highest BCUT2D eigenvalue weighted by Gasteiger charge is 2.48. The van der Waals surface area contributed by atoms with Crippen LogP contribution >= 0.6 is 0 Å². The van der Waals surface area contributed by atoms with Crippen LogP contribution in [0.5, 0.6) is 0 Å². The molecule has 40 heavy (non-hydrogen) atoms. The van der Waals surface area contributed by atoms with Crippen LogP contribution in [-0.4, -0.2) is 119 Å². The van der Waals surface area contributed by atoms with E-state index in [4.69, 9.17) is 44.1 Å². The summed E-state index contributed by atoms with van der Waals surface area (Å²) >= 11 is 0. The Labute approximate surface area is 230 Å². The third-order valence-corrected chi connectivity index (χ3v) is 4.35. The highest BCUT2D eigenvalue weighted by Crippen LogP contribution is 2.25. The van der Waals surface area contributed by atoms with E-state index in [1.165, 1.54) is 20.8 Å². The molecule has 0 bridgehead atoms. The molecular weight excluding hydrogens is 548 g/mol. The van der Waals surface area contributed by atoms with Crippen molar-refractivity contribution in [2.45, 2.75) is 98.2 Å². The van der Waals surface area contributed by atoms with Gasteiger partial charge in [-0.15, -0.1) is 0 Å². The Bertz CT molecular complexity index is 790. The van der Waals surface area contributed by atoms with Crippen molar-refractivity contribution in [3.63, 3.8) is 0 Å². The van der Waals surface area contributed by atoms with Crippen molar-refractivity contribution in [3.05, 3.63) is 0 Å². The number of aliphatic hydroxyl groups is 4. The molecule has 0 radical (unpaired) electrons. The first kappa shape index (κ1) is 38.9. The molecule has 232 valence electrons. The van der Waals surface area contributed by atoms with E-state index in [-0.39, 0.29) is 20.6 Å². The first-order chi connectivity index (χ1) is 18.0. The van der Waals surface area contributed by atoms with E-state index in [0.717, 1.165) is 20.8 Å². The zero-order valence-electron chi connectivity index (χ0n) is 22.1. The Hall–Kier alpha value is -3.22. The molecule has 2 fully saturated rings. The van der Waals surface area contributed by atoms with Crippen molar-refractivity contribution < 1.29 is 82.4 Å². The lowest BCUT2D eigenvalue weighted by atomic mass is 10.0. The van der Waals surface area contributed by atoms with Crippen molar-refractivity contribution in [2.75, 3.05) is 13.2 Å². The fourth-order valence-electron chi connectivity index (χ4n) is 2.97. The molecule has 2 rings (SSSR count). The molecule has 0 spiro atoms. The normalized spacial score (nSPS) is 28.8. The second-order valence-corrected chi connectivity index (χ2v) is 7.96. The maximum Gasteiger partial charge on any atom is 0.310 e. The Morgan fingerprint density at radius 3 is 1.40 bits per heavy atom. The lowest BCUT2D eigenvalue weighted by molar-refractivity contribution is -0.273. The molecule has 2 aliphatic heterocycles. The van der Waals surface area contributed by atoms with Crippen LogP contribution in [-0.2, 0) is 61.9 Å². The van der Waals surface area contributed by atoms with Gasteiger partial charge in [-0.25, -0.2) is 0 Å². The summed E-state index contributed by atoms with van der Waals surface area (Å²) in [5, 5.41) is 35.3. The van der Waals surface area contributed by atoms with Crippen LogP contribution in [0, 0.1) is 0 Å². The Kier molecular flexibility index (Phi) is 18.4. The van der Waals surface area contributed by atoms with Crippen LogP contribution in [0.2, 0.25) is 0 Å². The molecule has 17 heteroatoms. The third kappa shape index (κ3) is 15.4. The molecule has 2 aliphatic rings. The predicted molar refractivity (Wildman–Crippen MR) is 127 cm³/mol. The SMILES string of the molecule is C.CC(=O)OC(C)=O.CC(=O)OC1[C@@H](OC(C)=O)OC[C@@H](OC(C)=O)[C@@H]1OC(C)=O.OC1OC[C@@H](O)[C@H](O)C1O. The number of ether oxygens (including phenoxy) is 7. The second kappa shape index (κ2) is 19.0. The maximum absolute atomic E-state index is 11.3. The van der Waals surface area contributed by atoms with Crippen molar-refractivity contribution in [2.24, 2.45) is 0 Å². The number of carbonyl (C=O) groups is 6. The average Bonchev–Trinajstić information content (AvgIpc) is 2.77.